The summed E-state index contributed by atoms with van der Waals surface area (Å²) in [5, 5.41) is 20.8. The lowest BCUT2D eigenvalue weighted by Gasteiger charge is -2.37. The van der Waals surface area contributed by atoms with E-state index in [4.69, 9.17) is 11.6 Å². The van der Waals surface area contributed by atoms with Crippen molar-refractivity contribution in [1.29, 1.82) is 5.26 Å². The fraction of sp³-hybridized carbons (Fsp3) is 0.538. The van der Waals surface area contributed by atoms with Crippen LogP contribution in [-0.2, 0) is 11.3 Å². The number of benzene rings is 1. The van der Waals surface area contributed by atoms with Gasteiger partial charge in [-0.25, -0.2) is 0 Å². The highest BCUT2D eigenvalue weighted by Gasteiger charge is 2.43. The van der Waals surface area contributed by atoms with Crippen molar-refractivity contribution in [1.82, 2.24) is 9.80 Å². The molecule has 1 N–H and O–H groups in total. The average Bonchev–Trinajstić information content (AvgIpc) is 3.28. The van der Waals surface area contributed by atoms with Crippen LogP contribution >= 0.6 is 11.6 Å². The molecule has 1 amide bonds. The fourth-order valence-corrected chi connectivity index (χ4v) is 5.54. The van der Waals surface area contributed by atoms with Crippen LogP contribution in [-0.4, -0.2) is 45.5 Å². The summed E-state index contributed by atoms with van der Waals surface area (Å²) in [5.41, 5.74) is 3.04. The van der Waals surface area contributed by atoms with Gasteiger partial charge in [-0.1, -0.05) is 55.1 Å². The molecule has 4 rings (SSSR count). The van der Waals surface area contributed by atoms with E-state index in [1.165, 1.54) is 11.1 Å². The predicted octanol–water partition coefficient (Wildman–Crippen LogP) is 4.79. The molecule has 1 saturated heterocycles. The second-order valence-corrected chi connectivity index (χ2v) is 9.82. The standard InChI is InChI=1S/C26H32ClN3O2/c1-19-7-3-4-8-21(19)17-30(22-10-9-20(16-28)24(27)15-22)23-11-14-29(18-23)25(31)26(32)12-5-2-6-13-26/h3-4,7-8,15,23,32H,2,5-6,9-14,17-18H2,1H3/t23-/m0/s1. The molecular formula is C26H32ClN3O2. The van der Waals surface area contributed by atoms with Crippen molar-refractivity contribution < 1.29 is 9.90 Å². The van der Waals surface area contributed by atoms with Crippen molar-refractivity contribution in [3.63, 3.8) is 0 Å². The van der Waals surface area contributed by atoms with Crippen LogP contribution in [0.25, 0.3) is 0 Å². The van der Waals surface area contributed by atoms with Crippen LogP contribution < -0.4 is 0 Å². The fourth-order valence-electron chi connectivity index (χ4n) is 5.28. The van der Waals surface area contributed by atoms with Crippen LogP contribution in [0.5, 0.6) is 0 Å². The summed E-state index contributed by atoms with van der Waals surface area (Å²) in [4.78, 5) is 17.4. The highest BCUT2D eigenvalue weighted by atomic mass is 35.5. The van der Waals surface area contributed by atoms with Gasteiger partial charge in [-0.05, 0) is 56.2 Å². The second kappa shape index (κ2) is 9.68. The number of hydrogen-bond acceptors (Lipinski definition) is 4. The predicted molar refractivity (Wildman–Crippen MR) is 126 cm³/mol. The summed E-state index contributed by atoms with van der Waals surface area (Å²) in [6.45, 7) is 4.13. The molecule has 1 aliphatic heterocycles. The highest BCUT2D eigenvalue weighted by molar-refractivity contribution is 6.32. The molecule has 2 fully saturated rings. The van der Waals surface area contributed by atoms with Crippen molar-refractivity contribution in [3.05, 3.63) is 57.8 Å². The van der Waals surface area contributed by atoms with Gasteiger partial charge in [-0.15, -0.1) is 0 Å². The molecule has 0 unspecified atom stereocenters. The van der Waals surface area contributed by atoms with E-state index >= 15 is 0 Å². The molecular weight excluding hydrogens is 422 g/mol. The molecule has 6 heteroatoms. The number of nitriles is 1. The van der Waals surface area contributed by atoms with E-state index in [-0.39, 0.29) is 11.9 Å². The Morgan fingerprint density at radius 1 is 1.28 bits per heavy atom. The van der Waals surface area contributed by atoms with Crippen molar-refractivity contribution in [2.45, 2.75) is 76.5 Å². The molecule has 1 aromatic carbocycles. The number of likely N-dealkylation sites (tertiary alicyclic amines) is 1. The number of amides is 1. The third-order valence-corrected chi connectivity index (χ3v) is 7.63. The summed E-state index contributed by atoms with van der Waals surface area (Å²) in [7, 11) is 0. The molecule has 32 heavy (non-hydrogen) atoms. The zero-order chi connectivity index (χ0) is 22.7. The third-order valence-electron chi connectivity index (χ3n) is 7.29. The smallest absolute Gasteiger partial charge is 0.254 e. The lowest BCUT2D eigenvalue weighted by molar-refractivity contribution is -0.153. The van der Waals surface area contributed by atoms with Crippen molar-refractivity contribution in [2.75, 3.05) is 13.1 Å². The van der Waals surface area contributed by atoms with E-state index in [1.807, 2.05) is 17.0 Å². The summed E-state index contributed by atoms with van der Waals surface area (Å²) in [6, 6.07) is 10.7. The lowest BCUT2D eigenvalue weighted by atomic mass is 9.84. The maximum atomic E-state index is 13.2. The van der Waals surface area contributed by atoms with Crippen LogP contribution in [0.2, 0.25) is 0 Å². The highest BCUT2D eigenvalue weighted by Crippen LogP contribution is 2.35. The minimum atomic E-state index is -1.19. The van der Waals surface area contributed by atoms with Gasteiger partial charge in [0.2, 0.25) is 0 Å². The molecule has 170 valence electrons. The quantitative estimate of drug-likeness (QED) is 0.696. The first-order valence-corrected chi connectivity index (χ1v) is 12.1. The number of carbonyl (C=O) groups excluding carboxylic acids is 1. The number of aliphatic hydroxyl groups is 1. The lowest BCUT2D eigenvalue weighted by Crippen LogP contribution is -2.50. The zero-order valence-corrected chi connectivity index (χ0v) is 19.6. The number of nitrogens with zero attached hydrogens (tertiary/aromatic N) is 3. The van der Waals surface area contributed by atoms with Gasteiger partial charge in [0.1, 0.15) is 5.60 Å². The first-order chi connectivity index (χ1) is 15.4. The van der Waals surface area contributed by atoms with Gasteiger partial charge in [0.05, 0.1) is 11.1 Å². The molecule has 1 heterocycles. The Balaban J connectivity index is 1.57. The monoisotopic (exact) mass is 453 g/mol. The average molecular weight is 454 g/mol. The molecule has 0 radical (unpaired) electrons. The minimum absolute atomic E-state index is 0.0992. The van der Waals surface area contributed by atoms with Gasteiger partial charge in [0.25, 0.3) is 5.91 Å². The summed E-state index contributed by atoms with van der Waals surface area (Å²) in [6.07, 6.45) is 8.26. The molecule has 1 saturated carbocycles. The Labute approximate surface area is 196 Å². The van der Waals surface area contributed by atoms with Gasteiger partial charge in [-0.2, -0.15) is 5.26 Å². The Morgan fingerprint density at radius 3 is 2.72 bits per heavy atom. The Bertz CT molecular complexity index is 972. The molecule has 1 atom stereocenters. The molecule has 1 aromatic rings. The molecule has 2 aliphatic carbocycles. The Hall–Kier alpha value is -2.29. The van der Waals surface area contributed by atoms with Gasteiger partial charge < -0.3 is 14.9 Å². The van der Waals surface area contributed by atoms with Crippen molar-refractivity contribution in [2.24, 2.45) is 0 Å². The summed E-state index contributed by atoms with van der Waals surface area (Å²) < 4.78 is 0. The van der Waals surface area contributed by atoms with E-state index in [0.717, 1.165) is 44.3 Å². The van der Waals surface area contributed by atoms with Crippen LogP contribution in [0.4, 0.5) is 0 Å². The van der Waals surface area contributed by atoms with Gasteiger partial charge in [-0.3, -0.25) is 4.79 Å². The number of carbonyl (C=O) groups is 1. The molecule has 3 aliphatic rings. The van der Waals surface area contributed by atoms with E-state index in [1.54, 1.807) is 0 Å². The normalized spacial score (nSPS) is 23.0. The Kier molecular flexibility index (Phi) is 6.93. The van der Waals surface area contributed by atoms with Crippen molar-refractivity contribution in [3.8, 4) is 6.07 Å². The number of halogens is 1. The van der Waals surface area contributed by atoms with E-state index < -0.39 is 5.60 Å². The van der Waals surface area contributed by atoms with Gasteiger partial charge in [0.15, 0.2) is 0 Å². The number of rotatable bonds is 5. The van der Waals surface area contributed by atoms with Gasteiger partial charge >= 0.3 is 0 Å². The number of hydrogen-bond donors (Lipinski definition) is 1. The largest absolute Gasteiger partial charge is 0.380 e. The summed E-state index contributed by atoms with van der Waals surface area (Å²) >= 11 is 6.42. The minimum Gasteiger partial charge on any atom is -0.380 e. The van der Waals surface area contributed by atoms with Crippen LogP contribution in [0.1, 0.15) is 62.5 Å². The third kappa shape index (κ3) is 4.72. The van der Waals surface area contributed by atoms with E-state index in [2.05, 4.69) is 36.1 Å². The zero-order valence-electron chi connectivity index (χ0n) is 18.8. The van der Waals surface area contributed by atoms with Crippen molar-refractivity contribution >= 4 is 17.5 Å². The molecule has 5 nitrogen and oxygen atoms in total. The maximum absolute atomic E-state index is 13.2. The topological polar surface area (TPSA) is 67.6 Å². The maximum Gasteiger partial charge on any atom is 0.254 e. The number of aryl methyl sites for hydroxylation is 1. The first kappa shape index (κ1) is 22.9. The first-order valence-electron chi connectivity index (χ1n) is 11.7. The molecule has 0 bridgehead atoms. The van der Waals surface area contributed by atoms with Crippen LogP contribution in [0, 0.1) is 18.3 Å². The second-order valence-electron chi connectivity index (χ2n) is 9.41. The van der Waals surface area contributed by atoms with E-state index in [9.17, 15) is 15.2 Å². The van der Waals surface area contributed by atoms with Crippen LogP contribution in [0.15, 0.2) is 46.6 Å². The SMILES string of the molecule is Cc1ccccc1CN(C1=CC(Cl)=C(C#N)CC1)[C@H]1CCN(C(=O)C2(O)CCCCC2)C1. The summed E-state index contributed by atoms with van der Waals surface area (Å²) in [5.74, 6) is -0.0992. The van der Waals surface area contributed by atoms with E-state index in [0.29, 0.717) is 43.0 Å². The van der Waals surface area contributed by atoms with Gasteiger partial charge in [0, 0.05) is 36.9 Å². The van der Waals surface area contributed by atoms with Crippen LogP contribution in [0.3, 0.4) is 0 Å². The Morgan fingerprint density at radius 2 is 2.03 bits per heavy atom. The molecule has 0 aromatic heterocycles. The molecule has 0 spiro atoms. The number of allylic oxidation sites excluding steroid dienone is 4.